The number of fused-ring (bicyclic) bond motifs is 1. The van der Waals surface area contributed by atoms with Gasteiger partial charge in [0.15, 0.2) is 17.0 Å². The third kappa shape index (κ3) is 5.94. The van der Waals surface area contributed by atoms with Gasteiger partial charge in [-0.1, -0.05) is 12.1 Å². The molecule has 1 aliphatic rings. The number of benzene rings is 1. The molecule has 3 aromatic rings. The van der Waals surface area contributed by atoms with Crippen LogP contribution in [0.4, 0.5) is 11.8 Å². The molecule has 0 unspecified atom stereocenters. The number of imidazole rings is 1. The average Bonchev–Trinajstić information content (AvgIpc) is 3.18. The van der Waals surface area contributed by atoms with Crippen LogP contribution in [-0.4, -0.2) is 38.7 Å². The van der Waals surface area contributed by atoms with Gasteiger partial charge in [0.25, 0.3) is 0 Å². The third-order valence-electron chi connectivity index (χ3n) is 5.70. The molecule has 0 bridgehead atoms. The van der Waals surface area contributed by atoms with Crippen LogP contribution in [0.25, 0.3) is 11.2 Å². The molecule has 0 atom stereocenters. The number of methoxy groups -OCH3 is 1. The number of rotatable bonds is 7. The van der Waals surface area contributed by atoms with Crippen molar-refractivity contribution in [1.29, 1.82) is 0 Å². The van der Waals surface area contributed by atoms with Gasteiger partial charge < -0.3 is 25.7 Å². The zero-order valence-electron chi connectivity index (χ0n) is 18.7. The Morgan fingerprint density at radius 3 is 2.41 bits per heavy atom. The van der Waals surface area contributed by atoms with Crippen molar-refractivity contribution in [3.05, 3.63) is 36.2 Å². The van der Waals surface area contributed by atoms with E-state index in [0.29, 0.717) is 24.6 Å². The molecule has 0 amide bonds. The van der Waals surface area contributed by atoms with E-state index in [4.69, 9.17) is 20.4 Å². The van der Waals surface area contributed by atoms with Crippen molar-refractivity contribution in [3.8, 4) is 5.75 Å². The lowest BCUT2D eigenvalue weighted by atomic mass is 9.92. The van der Waals surface area contributed by atoms with Crippen LogP contribution in [0.5, 0.6) is 5.75 Å². The Labute approximate surface area is 201 Å². The van der Waals surface area contributed by atoms with E-state index in [9.17, 15) is 0 Å². The number of halogens is 2. The fourth-order valence-electron chi connectivity index (χ4n) is 3.86. The van der Waals surface area contributed by atoms with Crippen LogP contribution in [-0.2, 0) is 6.54 Å². The highest BCUT2D eigenvalue weighted by atomic mass is 35.5. The largest absolute Gasteiger partial charge is 0.497 e. The Balaban J connectivity index is 0.00000181. The fraction of sp³-hybridized carbons (Fsp3) is 0.500. The average molecular weight is 482 g/mol. The zero-order valence-corrected chi connectivity index (χ0v) is 20.4. The smallest absolute Gasteiger partial charge is 0.227 e. The summed E-state index contributed by atoms with van der Waals surface area (Å²) in [6.45, 7) is 4.90. The first-order chi connectivity index (χ1) is 14.5. The van der Waals surface area contributed by atoms with Gasteiger partial charge in [0.1, 0.15) is 5.75 Å². The van der Waals surface area contributed by atoms with Crippen LogP contribution in [0.3, 0.4) is 0 Å². The number of hydrogen-bond acceptors (Lipinski definition) is 7. The second kappa shape index (κ2) is 11.5. The number of aromatic nitrogens is 4. The van der Waals surface area contributed by atoms with Crippen molar-refractivity contribution in [2.75, 3.05) is 17.7 Å². The van der Waals surface area contributed by atoms with Crippen molar-refractivity contribution in [2.45, 2.75) is 64.2 Å². The van der Waals surface area contributed by atoms with E-state index in [0.717, 1.165) is 54.0 Å². The minimum absolute atomic E-state index is 0. The van der Waals surface area contributed by atoms with Crippen molar-refractivity contribution in [1.82, 2.24) is 19.5 Å². The highest BCUT2D eigenvalue weighted by Crippen LogP contribution is 2.26. The summed E-state index contributed by atoms with van der Waals surface area (Å²) in [6.07, 6.45) is 5.99. The van der Waals surface area contributed by atoms with Crippen molar-refractivity contribution >= 4 is 47.7 Å². The number of nitrogens with two attached hydrogens (primary N) is 1. The highest BCUT2D eigenvalue weighted by molar-refractivity contribution is 5.86. The molecule has 1 saturated carbocycles. The molecule has 8 nitrogen and oxygen atoms in total. The molecular weight excluding hydrogens is 449 g/mol. The Morgan fingerprint density at radius 1 is 1.09 bits per heavy atom. The molecule has 0 spiro atoms. The molecule has 0 saturated heterocycles. The van der Waals surface area contributed by atoms with Crippen molar-refractivity contribution in [2.24, 2.45) is 5.73 Å². The standard InChI is InChI=1S/C22H31N7O.2ClH/c1-14(2)29-13-25-19-20(24-12-15-4-10-18(30-3)11-5-15)27-22(28-21(19)29)26-17-8-6-16(23)7-9-17;;/h4-5,10-11,13-14,16-17H,6-9,12,23H2,1-3H3,(H2,24,26,27,28);2*1H/t16-,17-;;. The van der Waals surface area contributed by atoms with Crippen molar-refractivity contribution < 1.29 is 4.74 Å². The van der Waals surface area contributed by atoms with Crippen molar-refractivity contribution in [3.63, 3.8) is 0 Å². The van der Waals surface area contributed by atoms with E-state index in [2.05, 4.69) is 34.0 Å². The predicted octanol–water partition coefficient (Wildman–Crippen LogP) is 4.55. The first-order valence-corrected chi connectivity index (χ1v) is 10.7. The lowest BCUT2D eigenvalue weighted by Gasteiger charge is -2.27. The molecule has 1 aromatic carbocycles. The molecule has 2 aromatic heterocycles. The van der Waals surface area contributed by atoms with Gasteiger partial charge in [-0.05, 0) is 57.2 Å². The van der Waals surface area contributed by atoms with Gasteiger partial charge in [0.05, 0.1) is 13.4 Å². The van der Waals surface area contributed by atoms with Gasteiger partial charge in [-0.2, -0.15) is 9.97 Å². The van der Waals surface area contributed by atoms with Gasteiger partial charge in [-0.3, -0.25) is 0 Å². The monoisotopic (exact) mass is 481 g/mol. The van der Waals surface area contributed by atoms with E-state index < -0.39 is 0 Å². The first kappa shape index (κ1) is 26.0. The Morgan fingerprint density at radius 2 is 1.78 bits per heavy atom. The summed E-state index contributed by atoms with van der Waals surface area (Å²) in [4.78, 5) is 14.2. The van der Waals surface area contributed by atoms with E-state index in [1.54, 1.807) is 7.11 Å². The topological polar surface area (TPSA) is 103 Å². The Hall–Kier alpha value is -2.29. The summed E-state index contributed by atoms with van der Waals surface area (Å²) in [5.74, 6) is 2.23. The normalized spacial score (nSPS) is 18.0. The zero-order chi connectivity index (χ0) is 21.1. The molecule has 32 heavy (non-hydrogen) atoms. The lowest BCUT2D eigenvalue weighted by Crippen LogP contribution is -2.33. The first-order valence-electron chi connectivity index (χ1n) is 10.7. The molecule has 10 heteroatoms. The van der Waals surface area contributed by atoms with Gasteiger partial charge in [-0.15, -0.1) is 24.8 Å². The molecule has 1 fully saturated rings. The number of anilines is 2. The molecule has 4 rings (SSSR count). The van der Waals surface area contributed by atoms with E-state index >= 15 is 0 Å². The van der Waals surface area contributed by atoms with E-state index in [-0.39, 0.29) is 30.9 Å². The highest BCUT2D eigenvalue weighted by Gasteiger charge is 2.21. The van der Waals surface area contributed by atoms with Gasteiger partial charge >= 0.3 is 0 Å². The number of nitrogens with zero attached hydrogens (tertiary/aromatic N) is 4. The summed E-state index contributed by atoms with van der Waals surface area (Å²) in [7, 11) is 1.67. The minimum atomic E-state index is 0. The van der Waals surface area contributed by atoms with Gasteiger partial charge in [-0.25, -0.2) is 4.98 Å². The number of nitrogens with one attached hydrogen (secondary N) is 2. The molecule has 0 radical (unpaired) electrons. The SMILES string of the molecule is COc1ccc(CNc2nc(N[C@H]3CC[C@H](N)CC3)nc3c2ncn3C(C)C)cc1.Cl.Cl. The predicted molar refractivity (Wildman–Crippen MR) is 134 cm³/mol. The maximum absolute atomic E-state index is 6.05. The third-order valence-corrected chi connectivity index (χ3v) is 5.70. The maximum Gasteiger partial charge on any atom is 0.227 e. The summed E-state index contributed by atoms with van der Waals surface area (Å²) < 4.78 is 7.32. The van der Waals surface area contributed by atoms with Crippen LogP contribution in [0.15, 0.2) is 30.6 Å². The maximum atomic E-state index is 6.05. The summed E-state index contributed by atoms with van der Waals surface area (Å²) in [6, 6.07) is 8.94. The molecule has 2 heterocycles. The van der Waals surface area contributed by atoms with E-state index in [1.165, 1.54) is 0 Å². The summed E-state index contributed by atoms with van der Waals surface area (Å²) in [5.41, 5.74) is 8.82. The Bertz CT molecular complexity index is 986. The van der Waals surface area contributed by atoms with Gasteiger partial charge in [0.2, 0.25) is 5.95 Å². The second-order valence-electron chi connectivity index (χ2n) is 8.27. The molecule has 1 aliphatic carbocycles. The molecule has 0 aliphatic heterocycles. The van der Waals surface area contributed by atoms with Crippen LogP contribution < -0.4 is 21.1 Å². The molecule has 4 N–H and O–H groups in total. The Kier molecular flexibility index (Phi) is 9.36. The van der Waals surface area contributed by atoms with Crippen LogP contribution >= 0.6 is 24.8 Å². The molecular formula is C22H33Cl2N7O. The van der Waals surface area contributed by atoms with Crippen LogP contribution in [0.2, 0.25) is 0 Å². The molecule has 176 valence electrons. The summed E-state index contributed by atoms with van der Waals surface area (Å²) >= 11 is 0. The number of hydrogen-bond donors (Lipinski definition) is 3. The number of ether oxygens (including phenoxy) is 1. The van der Waals surface area contributed by atoms with Crippen LogP contribution in [0, 0.1) is 0 Å². The fourth-order valence-corrected chi connectivity index (χ4v) is 3.86. The van der Waals surface area contributed by atoms with E-state index in [1.807, 2.05) is 30.6 Å². The minimum Gasteiger partial charge on any atom is -0.497 e. The second-order valence-corrected chi connectivity index (χ2v) is 8.27. The van der Waals surface area contributed by atoms with Crippen LogP contribution in [0.1, 0.15) is 51.1 Å². The summed E-state index contributed by atoms with van der Waals surface area (Å²) in [5, 5.41) is 6.98. The quantitative estimate of drug-likeness (QED) is 0.454. The lowest BCUT2D eigenvalue weighted by molar-refractivity contribution is 0.410. The van der Waals surface area contributed by atoms with Gasteiger partial charge in [0, 0.05) is 24.7 Å².